The molecule has 3 nitrogen and oxygen atoms in total. The predicted molar refractivity (Wildman–Crippen MR) is 40.1 cm³/mol. The molecule has 0 radical (unpaired) electrons. The van der Waals surface area contributed by atoms with Gasteiger partial charge in [-0.25, -0.2) is 0 Å². The average molecular weight is 156 g/mol. The highest BCUT2D eigenvalue weighted by molar-refractivity contribution is 5.39. The van der Waals surface area contributed by atoms with E-state index in [1.165, 1.54) is 0 Å². The molecule has 1 aliphatic rings. The number of hydrogen-bond donors (Lipinski definition) is 0. The van der Waals surface area contributed by atoms with E-state index < -0.39 is 5.60 Å². The monoisotopic (exact) mass is 156 g/mol. The van der Waals surface area contributed by atoms with E-state index in [9.17, 15) is 4.79 Å². The van der Waals surface area contributed by atoms with Gasteiger partial charge in [-0.3, -0.25) is 4.79 Å². The van der Waals surface area contributed by atoms with Crippen LogP contribution in [-0.4, -0.2) is 25.3 Å². The van der Waals surface area contributed by atoms with Crippen LogP contribution in [0, 0.1) is 0 Å². The smallest absolute Gasteiger partial charge is 0.294 e. The van der Waals surface area contributed by atoms with Crippen LogP contribution < -0.4 is 0 Å². The molecule has 0 aliphatic carbocycles. The Labute approximate surface area is 66.0 Å². The lowest BCUT2D eigenvalue weighted by Gasteiger charge is -2.20. The summed E-state index contributed by atoms with van der Waals surface area (Å²) in [4.78, 5) is 10.1. The largest absolute Gasteiger partial charge is 0.454 e. The average Bonchev–Trinajstić information content (AvgIpc) is 2.39. The van der Waals surface area contributed by atoms with Crippen LogP contribution in [0.25, 0.3) is 0 Å². The van der Waals surface area contributed by atoms with Crippen LogP contribution >= 0.6 is 0 Å². The summed E-state index contributed by atoms with van der Waals surface area (Å²) in [5.41, 5.74) is -0.476. The molecular formula is C8H12O3. The van der Waals surface area contributed by atoms with Gasteiger partial charge in [0, 0.05) is 6.42 Å². The molecule has 0 amide bonds. The summed E-state index contributed by atoms with van der Waals surface area (Å²) in [5.74, 6) is 0. The van der Waals surface area contributed by atoms with Gasteiger partial charge in [-0.1, -0.05) is 6.08 Å². The molecule has 0 aromatic heterocycles. The molecule has 1 aliphatic heterocycles. The highest BCUT2D eigenvalue weighted by Gasteiger charge is 2.33. The van der Waals surface area contributed by atoms with E-state index in [2.05, 4.69) is 0 Å². The number of hydrogen-bond acceptors (Lipinski definition) is 3. The Morgan fingerprint density at radius 1 is 1.64 bits per heavy atom. The summed E-state index contributed by atoms with van der Waals surface area (Å²) in [6.07, 6.45) is 4.50. The molecular weight excluding hydrogens is 144 g/mol. The second kappa shape index (κ2) is 3.53. The minimum absolute atomic E-state index is 0.476. The van der Waals surface area contributed by atoms with Gasteiger partial charge in [0.2, 0.25) is 0 Å². The predicted octanol–water partition coefficient (Wildman–Crippen LogP) is 0.895. The number of ether oxygens (including phenoxy) is 2. The maximum Gasteiger partial charge on any atom is 0.294 e. The van der Waals surface area contributed by atoms with Crippen molar-refractivity contribution >= 4 is 6.47 Å². The van der Waals surface area contributed by atoms with Crippen molar-refractivity contribution in [1.29, 1.82) is 0 Å². The third-order valence-corrected chi connectivity index (χ3v) is 1.77. The third kappa shape index (κ3) is 1.80. The van der Waals surface area contributed by atoms with Gasteiger partial charge in [0.05, 0.1) is 13.2 Å². The quantitative estimate of drug-likeness (QED) is 0.449. The minimum Gasteiger partial charge on any atom is -0.454 e. The molecule has 1 atom stereocenters. The molecule has 3 heteroatoms. The van der Waals surface area contributed by atoms with Crippen molar-refractivity contribution in [3.8, 4) is 0 Å². The second-order valence-electron chi connectivity index (χ2n) is 2.58. The molecule has 0 aromatic carbocycles. The minimum atomic E-state index is -0.476. The Bertz CT molecular complexity index is 157. The molecule has 1 saturated heterocycles. The van der Waals surface area contributed by atoms with Crippen molar-refractivity contribution in [3.05, 3.63) is 12.2 Å². The first-order chi connectivity index (χ1) is 5.33. The van der Waals surface area contributed by atoms with Gasteiger partial charge in [-0.05, 0) is 13.0 Å². The van der Waals surface area contributed by atoms with Gasteiger partial charge in [0.1, 0.15) is 0 Å². The van der Waals surface area contributed by atoms with Crippen LogP contribution in [0.2, 0.25) is 0 Å². The highest BCUT2D eigenvalue weighted by atomic mass is 16.6. The second-order valence-corrected chi connectivity index (χ2v) is 2.58. The van der Waals surface area contributed by atoms with Crippen molar-refractivity contribution in [2.45, 2.75) is 18.9 Å². The normalized spacial score (nSPS) is 31.0. The van der Waals surface area contributed by atoms with E-state index in [-0.39, 0.29) is 0 Å². The molecule has 1 heterocycles. The molecule has 1 unspecified atom stereocenters. The van der Waals surface area contributed by atoms with E-state index in [0.29, 0.717) is 19.7 Å². The summed E-state index contributed by atoms with van der Waals surface area (Å²) in [6.45, 7) is 3.52. The van der Waals surface area contributed by atoms with Crippen LogP contribution in [0.3, 0.4) is 0 Å². The standard InChI is InChI=1S/C8H12O3/c1-2-3-8(11-7-9)4-5-10-6-8/h2-3,7H,4-6H2,1H3/b3-2+. The maximum atomic E-state index is 10.1. The Morgan fingerprint density at radius 2 is 2.45 bits per heavy atom. The van der Waals surface area contributed by atoms with Crippen molar-refractivity contribution in [3.63, 3.8) is 0 Å². The van der Waals surface area contributed by atoms with E-state index in [0.717, 1.165) is 6.42 Å². The van der Waals surface area contributed by atoms with E-state index >= 15 is 0 Å². The van der Waals surface area contributed by atoms with Crippen molar-refractivity contribution in [1.82, 2.24) is 0 Å². The summed E-state index contributed by atoms with van der Waals surface area (Å²) in [7, 11) is 0. The van der Waals surface area contributed by atoms with Crippen LogP contribution in [0.15, 0.2) is 12.2 Å². The first-order valence-corrected chi connectivity index (χ1v) is 3.66. The fraction of sp³-hybridized carbons (Fsp3) is 0.625. The van der Waals surface area contributed by atoms with Crippen LogP contribution in [-0.2, 0) is 14.3 Å². The molecule has 62 valence electrons. The van der Waals surface area contributed by atoms with Gasteiger partial charge in [0.15, 0.2) is 5.60 Å². The van der Waals surface area contributed by atoms with Gasteiger partial charge in [-0.2, -0.15) is 0 Å². The summed E-state index contributed by atoms with van der Waals surface area (Å²) in [5, 5.41) is 0. The zero-order valence-corrected chi connectivity index (χ0v) is 6.58. The first-order valence-electron chi connectivity index (χ1n) is 3.66. The zero-order chi connectivity index (χ0) is 8.16. The first kappa shape index (κ1) is 8.27. The maximum absolute atomic E-state index is 10.1. The highest BCUT2D eigenvalue weighted by Crippen LogP contribution is 2.23. The van der Waals surface area contributed by atoms with Crippen LogP contribution in [0.1, 0.15) is 13.3 Å². The van der Waals surface area contributed by atoms with Crippen molar-refractivity contribution in [2.75, 3.05) is 13.2 Å². The fourth-order valence-corrected chi connectivity index (χ4v) is 1.23. The van der Waals surface area contributed by atoms with Crippen molar-refractivity contribution < 1.29 is 14.3 Å². The fourth-order valence-electron chi connectivity index (χ4n) is 1.23. The number of carbonyl (C=O) groups excluding carboxylic acids is 1. The van der Waals surface area contributed by atoms with Gasteiger partial charge in [-0.15, -0.1) is 0 Å². The van der Waals surface area contributed by atoms with Crippen LogP contribution in [0.5, 0.6) is 0 Å². The Balaban J connectivity index is 2.61. The molecule has 0 saturated carbocycles. The lowest BCUT2D eigenvalue weighted by molar-refractivity contribution is -0.139. The van der Waals surface area contributed by atoms with E-state index in [4.69, 9.17) is 9.47 Å². The molecule has 11 heavy (non-hydrogen) atoms. The van der Waals surface area contributed by atoms with Gasteiger partial charge in [0.25, 0.3) is 6.47 Å². The molecule has 0 N–H and O–H groups in total. The third-order valence-electron chi connectivity index (χ3n) is 1.77. The van der Waals surface area contributed by atoms with Gasteiger partial charge < -0.3 is 9.47 Å². The number of allylic oxidation sites excluding steroid dienone is 1. The number of rotatable bonds is 3. The Morgan fingerprint density at radius 3 is 2.91 bits per heavy atom. The zero-order valence-electron chi connectivity index (χ0n) is 6.58. The Kier molecular flexibility index (Phi) is 2.65. The van der Waals surface area contributed by atoms with Gasteiger partial charge >= 0.3 is 0 Å². The topological polar surface area (TPSA) is 35.5 Å². The van der Waals surface area contributed by atoms with Crippen LogP contribution in [0.4, 0.5) is 0 Å². The summed E-state index contributed by atoms with van der Waals surface area (Å²) >= 11 is 0. The van der Waals surface area contributed by atoms with E-state index in [1.54, 1.807) is 0 Å². The number of carbonyl (C=O) groups is 1. The molecule has 0 bridgehead atoms. The molecule has 1 rings (SSSR count). The van der Waals surface area contributed by atoms with Crippen molar-refractivity contribution in [2.24, 2.45) is 0 Å². The SMILES string of the molecule is C/C=C/C1(OC=O)CCOC1. The molecule has 0 spiro atoms. The summed E-state index contributed by atoms with van der Waals surface area (Å²) < 4.78 is 10.1. The van der Waals surface area contributed by atoms with E-state index in [1.807, 2.05) is 19.1 Å². The lowest BCUT2D eigenvalue weighted by Crippen LogP contribution is -2.29. The lowest BCUT2D eigenvalue weighted by atomic mass is 10.0. The molecule has 0 aromatic rings. The summed E-state index contributed by atoms with van der Waals surface area (Å²) in [6, 6.07) is 0. The Hall–Kier alpha value is -0.830. The molecule has 1 fully saturated rings.